The molecule has 6 nitrogen and oxygen atoms in total. The Balaban J connectivity index is 2.00. The summed E-state index contributed by atoms with van der Waals surface area (Å²) in [7, 11) is 0. The molecule has 0 aliphatic rings. The van der Waals surface area contributed by atoms with Crippen molar-refractivity contribution in [2.24, 2.45) is 0 Å². The van der Waals surface area contributed by atoms with E-state index in [1.165, 1.54) is 16.0 Å². The van der Waals surface area contributed by atoms with Crippen molar-refractivity contribution < 1.29 is 0 Å². The Morgan fingerprint density at radius 2 is 1.92 bits per heavy atom. The van der Waals surface area contributed by atoms with Crippen LogP contribution in [0.15, 0.2) is 51.4 Å². The van der Waals surface area contributed by atoms with Crippen molar-refractivity contribution >= 4 is 27.3 Å². The van der Waals surface area contributed by atoms with Gasteiger partial charge in [0.25, 0.3) is 5.56 Å². The van der Waals surface area contributed by atoms with Crippen LogP contribution >= 0.6 is 11.3 Å². The van der Waals surface area contributed by atoms with Crippen LogP contribution in [-0.2, 0) is 13.1 Å². The minimum absolute atomic E-state index is 0.103. The highest BCUT2D eigenvalue weighted by atomic mass is 32.1. The van der Waals surface area contributed by atoms with Gasteiger partial charge in [-0.25, -0.2) is 13.9 Å². The van der Waals surface area contributed by atoms with Gasteiger partial charge in [0.15, 0.2) is 0 Å². The largest absolute Gasteiger partial charge is 0.352 e. The summed E-state index contributed by atoms with van der Waals surface area (Å²) in [6.07, 6.45) is 1.85. The van der Waals surface area contributed by atoms with Gasteiger partial charge in [-0.05, 0) is 23.4 Å². The number of aromatic nitrogens is 4. The van der Waals surface area contributed by atoms with Crippen molar-refractivity contribution in [1.82, 2.24) is 18.7 Å². The topological polar surface area (TPSA) is 61.3 Å². The van der Waals surface area contributed by atoms with Crippen LogP contribution in [-0.4, -0.2) is 18.7 Å². The fraction of sp³-hybridized carbons (Fsp3) is 0.278. The van der Waals surface area contributed by atoms with Crippen LogP contribution in [0.4, 0.5) is 0 Å². The fourth-order valence-corrected chi connectivity index (χ4v) is 3.82. The highest BCUT2D eigenvalue weighted by molar-refractivity contribution is 7.17. The van der Waals surface area contributed by atoms with E-state index in [4.69, 9.17) is 0 Å². The number of rotatable bonds is 5. The molecule has 0 aliphatic carbocycles. The summed E-state index contributed by atoms with van der Waals surface area (Å²) < 4.78 is 5.21. The van der Waals surface area contributed by atoms with Crippen molar-refractivity contribution in [3.05, 3.63) is 68.2 Å². The van der Waals surface area contributed by atoms with Crippen molar-refractivity contribution in [3.63, 3.8) is 0 Å². The summed E-state index contributed by atoms with van der Waals surface area (Å²) in [6.45, 7) is 3.02. The van der Waals surface area contributed by atoms with E-state index in [0.29, 0.717) is 29.1 Å². The lowest BCUT2D eigenvalue weighted by atomic mass is 10.2. The van der Waals surface area contributed by atoms with Gasteiger partial charge < -0.3 is 0 Å². The molecule has 4 aromatic rings. The highest BCUT2D eigenvalue weighted by Gasteiger charge is 2.18. The van der Waals surface area contributed by atoms with Crippen LogP contribution in [0.25, 0.3) is 16.0 Å². The Morgan fingerprint density at radius 3 is 2.68 bits per heavy atom. The highest BCUT2D eigenvalue weighted by Crippen LogP contribution is 2.18. The zero-order valence-corrected chi connectivity index (χ0v) is 14.7. The molecule has 0 amide bonds. The first-order chi connectivity index (χ1) is 12.2. The molecule has 25 heavy (non-hydrogen) atoms. The summed E-state index contributed by atoms with van der Waals surface area (Å²) in [5.74, 6) is 0.404. The van der Waals surface area contributed by atoms with Gasteiger partial charge in [0.05, 0.1) is 12.1 Å². The summed E-state index contributed by atoms with van der Waals surface area (Å²) in [5.41, 5.74) is 1.35. The van der Waals surface area contributed by atoms with Crippen LogP contribution in [0.5, 0.6) is 0 Å². The lowest BCUT2D eigenvalue weighted by Crippen LogP contribution is -2.26. The van der Waals surface area contributed by atoms with E-state index in [0.717, 1.165) is 18.4 Å². The molecule has 0 saturated carbocycles. The number of nitrogens with zero attached hydrogens (tertiary/aromatic N) is 4. The summed E-state index contributed by atoms with van der Waals surface area (Å²) in [6, 6.07) is 11.6. The van der Waals surface area contributed by atoms with Gasteiger partial charge in [0.2, 0.25) is 5.78 Å². The van der Waals surface area contributed by atoms with E-state index >= 15 is 0 Å². The Kier molecular flexibility index (Phi) is 4.01. The molecule has 4 rings (SSSR count). The molecular weight excluding hydrogens is 336 g/mol. The monoisotopic (exact) mass is 354 g/mol. The lowest BCUT2D eigenvalue weighted by molar-refractivity contribution is 0.553. The molecular formula is C18H18N4O2S. The summed E-state index contributed by atoms with van der Waals surface area (Å²) >= 11 is 1.36. The molecule has 0 saturated heterocycles. The Hall–Kier alpha value is -2.67. The van der Waals surface area contributed by atoms with E-state index in [1.807, 2.05) is 41.8 Å². The van der Waals surface area contributed by atoms with E-state index < -0.39 is 0 Å². The van der Waals surface area contributed by atoms with Gasteiger partial charge in [0.1, 0.15) is 4.70 Å². The SMILES string of the molecule is CCCCn1nc2n(Cc3ccccc3)c(=O)c3sccc3n2c1=O. The first kappa shape index (κ1) is 15.8. The second-order valence-corrected chi connectivity index (χ2v) is 6.92. The average Bonchev–Trinajstić information content (AvgIpc) is 3.23. The van der Waals surface area contributed by atoms with Crippen molar-refractivity contribution in [1.29, 1.82) is 0 Å². The van der Waals surface area contributed by atoms with E-state index in [9.17, 15) is 9.59 Å². The Labute approximate surface area is 147 Å². The van der Waals surface area contributed by atoms with Crippen molar-refractivity contribution in [2.45, 2.75) is 32.9 Å². The zero-order chi connectivity index (χ0) is 17.4. The number of thiophene rings is 1. The maximum atomic E-state index is 13.0. The molecule has 0 aliphatic heterocycles. The predicted molar refractivity (Wildman–Crippen MR) is 99.5 cm³/mol. The molecule has 0 bridgehead atoms. The van der Waals surface area contributed by atoms with Gasteiger partial charge in [-0.2, -0.15) is 0 Å². The lowest BCUT2D eigenvalue weighted by Gasteiger charge is -2.07. The van der Waals surface area contributed by atoms with Gasteiger partial charge in [-0.15, -0.1) is 16.4 Å². The third kappa shape index (κ3) is 2.60. The van der Waals surface area contributed by atoms with Gasteiger partial charge >= 0.3 is 5.69 Å². The predicted octanol–water partition coefficient (Wildman–Crippen LogP) is 2.72. The van der Waals surface area contributed by atoms with Crippen LogP contribution in [0.2, 0.25) is 0 Å². The minimum atomic E-state index is -0.186. The zero-order valence-electron chi connectivity index (χ0n) is 13.9. The van der Waals surface area contributed by atoms with Crippen LogP contribution < -0.4 is 11.2 Å². The molecule has 0 atom stereocenters. The number of hydrogen-bond acceptors (Lipinski definition) is 4. The number of unbranched alkanes of at least 4 members (excludes halogenated alkanes) is 1. The number of benzene rings is 1. The number of aryl methyl sites for hydroxylation is 1. The maximum absolute atomic E-state index is 13.0. The van der Waals surface area contributed by atoms with Crippen molar-refractivity contribution in [3.8, 4) is 0 Å². The van der Waals surface area contributed by atoms with E-state index in [2.05, 4.69) is 12.0 Å². The summed E-state index contributed by atoms with van der Waals surface area (Å²) in [5, 5.41) is 6.31. The number of fused-ring (bicyclic) bond motifs is 3. The third-order valence-electron chi connectivity index (χ3n) is 4.30. The van der Waals surface area contributed by atoms with Gasteiger partial charge in [0, 0.05) is 6.54 Å². The standard InChI is InChI=1S/C18H18N4O2S/c1-2-3-10-21-18(24)22-14-9-11-25-15(14)16(23)20(17(22)19-21)12-13-7-5-4-6-8-13/h4-9,11H,2-3,10,12H2,1H3. The first-order valence-corrected chi connectivity index (χ1v) is 9.22. The van der Waals surface area contributed by atoms with Crippen molar-refractivity contribution in [2.75, 3.05) is 0 Å². The number of hydrogen-bond donors (Lipinski definition) is 0. The smallest absolute Gasteiger partial charge is 0.271 e. The third-order valence-corrected chi connectivity index (χ3v) is 5.19. The van der Waals surface area contributed by atoms with Crippen LogP contribution in [0.3, 0.4) is 0 Å². The molecule has 0 unspecified atom stereocenters. The van der Waals surface area contributed by atoms with E-state index in [1.54, 1.807) is 8.97 Å². The fourth-order valence-electron chi connectivity index (χ4n) is 3.00. The van der Waals surface area contributed by atoms with Gasteiger partial charge in [-0.3, -0.25) is 9.36 Å². The van der Waals surface area contributed by atoms with Gasteiger partial charge in [-0.1, -0.05) is 43.7 Å². The van der Waals surface area contributed by atoms with Crippen LogP contribution in [0, 0.1) is 0 Å². The molecule has 0 radical (unpaired) electrons. The minimum Gasteiger partial charge on any atom is -0.271 e. The molecule has 3 aromatic heterocycles. The summed E-state index contributed by atoms with van der Waals surface area (Å²) in [4.78, 5) is 25.8. The molecule has 0 fully saturated rings. The second kappa shape index (κ2) is 6.33. The first-order valence-electron chi connectivity index (χ1n) is 8.34. The van der Waals surface area contributed by atoms with Crippen LogP contribution in [0.1, 0.15) is 25.3 Å². The molecule has 7 heteroatoms. The molecule has 128 valence electrons. The molecule has 1 aromatic carbocycles. The normalized spacial score (nSPS) is 11.6. The maximum Gasteiger partial charge on any atom is 0.352 e. The Bertz CT molecular complexity index is 1150. The van der Waals surface area contributed by atoms with E-state index in [-0.39, 0.29) is 11.2 Å². The Morgan fingerprint density at radius 1 is 1.12 bits per heavy atom. The second-order valence-electron chi connectivity index (χ2n) is 6.01. The molecule has 3 heterocycles. The quantitative estimate of drug-likeness (QED) is 0.554. The molecule has 0 N–H and O–H groups in total. The average molecular weight is 354 g/mol. The molecule has 0 spiro atoms.